The number of nitrogens with zero attached hydrogens (tertiary/aromatic N) is 2. The summed E-state index contributed by atoms with van der Waals surface area (Å²) >= 11 is 0. The third kappa shape index (κ3) is 2.71. The van der Waals surface area contributed by atoms with E-state index in [1.807, 2.05) is 0 Å². The van der Waals surface area contributed by atoms with E-state index in [2.05, 4.69) is 24.3 Å². The van der Waals surface area contributed by atoms with Crippen LogP contribution < -0.4 is 0 Å². The van der Waals surface area contributed by atoms with Crippen LogP contribution >= 0.6 is 0 Å². The van der Waals surface area contributed by atoms with Crippen LogP contribution in [0.2, 0.25) is 0 Å². The summed E-state index contributed by atoms with van der Waals surface area (Å²) in [5.41, 5.74) is 0. The van der Waals surface area contributed by atoms with Crippen molar-refractivity contribution in [2.75, 3.05) is 0 Å². The molecule has 0 fully saturated rings. The van der Waals surface area contributed by atoms with Crippen molar-refractivity contribution in [2.24, 2.45) is 0 Å². The monoisotopic (exact) mass is 94.1 g/mol. The van der Waals surface area contributed by atoms with Crippen molar-refractivity contribution in [1.29, 1.82) is 10.8 Å². The first-order valence-electron chi connectivity index (χ1n) is 2.02. The summed E-state index contributed by atoms with van der Waals surface area (Å²) in [7, 11) is 0. The van der Waals surface area contributed by atoms with Gasteiger partial charge in [-0.1, -0.05) is 24.3 Å². The molecule has 0 unspecified atom stereocenters. The van der Waals surface area contributed by atoms with Gasteiger partial charge < -0.3 is 0 Å². The van der Waals surface area contributed by atoms with E-state index in [9.17, 15) is 0 Å². The summed E-state index contributed by atoms with van der Waals surface area (Å²) in [5, 5.41) is 12.0. The first kappa shape index (κ1) is 5.90. The molecule has 0 aliphatic heterocycles. The van der Waals surface area contributed by atoms with Crippen LogP contribution in [0.15, 0.2) is 24.3 Å². The van der Waals surface area contributed by atoms with Crippen LogP contribution in [0.3, 0.4) is 0 Å². The average Bonchev–Trinajstić information content (AvgIpc) is 2.23. The minimum absolute atomic E-state index is 1.14. The summed E-state index contributed by atoms with van der Waals surface area (Å²) in [4.78, 5) is 0. The first-order chi connectivity index (χ1) is 3.50. The molecule has 36 valence electrons. The Hall–Kier alpha value is -1.10. The molecule has 0 amide bonds. The van der Waals surface area contributed by atoms with Crippen molar-refractivity contribution < 1.29 is 0 Å². The topological polar surface area (TPSA) is 47.6 Å². The minimum atomic E-state index is 1.14. The maximum atomic E-state index is 6.00. The van der Waals surface area contributed by atoms with Gasteiger partial charge in [-0.15, -0.1) is 0 Å². The molecule has 0 bridgehead atoms. The SMILES string of the molecule is C1=CCC=C1.N#N. The molecule has 0 aromatic rings. The molecule has 0 saturated heterocycles. The maximum Gasteiger partial charge on any atom is 0 e. The zero-order chi connectivity index (χ0) is 5.54. The highest BCUT2D eigenvalue weighted by atomic mass is 14.6. The molecule has 0 radical (unpaired) electrons. The van der Waals surface area contributed by atoms with E-state index < -0.39 is 0 Å². The van der Waals surface area contributed by atoms with Gasteiger partial charge in [0.1, 0.15) is 0 Å². The lowest BCUT2D eigenvalue weighted by atomic mass is 10.5. The molecule has 0 saturated carbocycles. The lowest BCUT2D eigenvalue weighted by Gasteiger charge is -1.57. The van der Waals surface area contributed by atoms with E-state index in [0.29, 0.717) is 0 Å². The molecular formula is C5H6N2. The average molecular weight is 94.1 g/mol. The van der Waals surface area contributed by atoms with E-state index in [1.165, 1.54) is 0 Å². The molecule has 1 aliphatic carbocycles. The highest BCUT2D eigenvalue weighted by Crippen LogP contribution is 1.93. The number of allylic oxidation sites excluding steroid dienone is 4. The molecule has 0 heterocycles. The van der Waals surface area contributed by atoms with Crippen LogP contribution in [-0.4, -0.2) is 0 Å². The van der Waals surface area contributed by atoms with E-state index in [0.717, 1.165) is 6.42 Å². The van der Waals surface area contributed by atoms with Gasteiger partial charge in [-0.3, -0.25) is 0 Å². The maximum absolute atomic E-state index is 6.00. The smallest absolute Gasteiger partial charge is 0 e. The predicted molar refractivity (Wildman–Crippen MR) is 26.3 cm³/mol. The van der Waals surface area contributed by atoms with Gasteiger partial charge in [0.05, 0.1) is 0 Å². The molecule has 1 aliphatic rings. The second kappa shape index (κ2) is 4.90. The normalized spacial score (nSPS) is 12.9. The van der Waals surface area contributed by atoms with Crippen LogP contribution in [0.5, 0.6) is 0 Å². The number of hydrogen-bond acceptors (Lipinski definition) is 2. The van der Waals surface area contributed by atoms with Crippen LogP contribution in [0.25, 0.3) is 0 Å². The second-order valence-corrected chi connectivity index (χ2v) is 1.09. The fourth-order valence-corrected chi connectivity index (χ4v) is 0.393. The van der Waals surface area contributed by atoms with Gasteiger partial charge in [0, 0.05) is 10.8 Å². The lowest BCUT2D eigenvalue weighted by Crippen LogP contribution is -1.37. The Labute approximate surface area is 42.6 Å². The van der Waals surface area contributed by atoms with Gasteiger partial charge in [0.25, 0.3) is 0 Å². The Kier molecular flexibility index (Phi) is 4.13. The van der Waals surface area contributed by atoms with Crippen molar-refractivity contribution >= 4 is 0 Å². The Morgan fingerprint density at radius 2 is 1.43 bits per heavy atom. The van der Waals surface area contributed by atoms with Crippen LogP contribution in [0, 0.1) is 10.8 Å². The van der Waals surface area contributed by atoms with Crippen molar-refractivity contribution in [3.05, 3.63) is 24.3 Å². The molecule has 0 atom stereocenters. The van der Waals surface area contributed by atoms with Gasteiger partial charge in [-0.2, -0.15) is 0 Å². The first-order valence-corrected chi connectivity index (χ1v) is 2.02. The number of rotatable bonds is 0. The standard InChI is InChI=1S/C5H6.N2/c1-2-4-5-3-1;1-2/h1-4H,5H2;. The summed E-state index contributed by atoms with van der Waals surface area (Å²) in [6, 6.07) is 0. The molecule has 2 heteroatoms. The summed E-state index contributed by atoms with van der Waals surface area (Å²) in [6.07, 6.45) is 9.50. The third-order valence-electron chi connectivity index (χ3n) is 0.655. The quantitative estimate of drug-likeness (QED) is 0.427. The van der Waals surface area contributed by atoms with Gasteiger partial charge in [0.15, 0.2) is 0 Å². The Morgan fingerprint density at radius 1 is 1.00 bits per heavy atom. The summed E-state index contributed by atoms with van der Waals surface area (Å²) < 4.78 is 0. The largest absolute Gasteiger partial charge is 0.0808 e. The number of hydrogen-bond donors (Lipinski definition) is 0. The van der Waals surface area contributed by atoms with Crippen molar-refractivity contribution in [3.8, 4) is 0 Å². The molecule has 2 nitrogen and oxygen atoms in total. The van der Waals surface area contributed by atoms with Crippen molar-refractivity contribution in [2.45, 2.75) is 6.42 Å². The van der Waals surface area contributed by atoms with E-state index in [4.69, 9.17) is 10.8 Å². The van der Waals surface area contributed by atoms with Crippen LogP contribution in [0.4, 0.5) is 0 Å². The molecule has 0 aromatic carbocycles. The van der Waals surface area contributed by atoms with E-state index >= 15 is 0 Å². The lowest BCUT2D eigenvalue weighted by molar-refractivity contribution is 1.15. The second-order valence-electron chi connectivity index (χ2n) is 1.09. The molecule has 0 aromatic heterocycles. The highest BCUT2D eigenvalue weighted by molar-refractivity contribution is 5.11. The Morgan fingerprint density at radius 3 is 1.57 bits per heavy atom. The van der Waals surface area contributed by atoms with Crippen molar-refractivity contribution in [1.82, 2.24) is 0 Å². The van der Waals surface area contributed by atoms with Gasteiger partial charge in [0.2, 0.25) is 0 Å². The molecule has 1 rings (SSSR count). The molecule has 7 heavy (non-hydrogen) atoms. The van der Waals surface area contributed by atoms with Gasteiger partial charge >= 0.3 is 0 Å². The van der Waals surface area contributed by atoms with Gasteiger partial charge in [-0.05, 0) is 6.42 Å². The Balaban J connectivity index is 0.000000162. The predicted octanol–water partition coefficient (Wildman–Crippen LogP) is 1.53. The highest BCUT2D eigenvalue weighted by Gasteiger charge is 1.72. The van der Waals surface area contributed by atoms with E-state index in [-0.39, 0.29) is 0 Å². The zero-order valence-corrected chi connectivity index (χ0v) is 3.91. The van der Waals surface area contributed by atoms with Crippen LogP contribution in [0.1, 0.15) is 6.42 Å². The van der Waals surface area contributed by atoms with Crippen molar-refractivity contribution in [3.63, 3.8) is 0 Å². The van der Waals surface area contributed by atoms with E-state index in [1.54, 1.807) is 0 Å². The molecule has 0 N–H and O–H groups in total. The molecular weight excluding hydrogens is 88.1 g/mol. The summed E-state index contributed by atoms with van der Waals surface area (Å²) in [6.45, 7) is 0. The molecule has 0 spiro atoms. The van der Waals surface area contributed by atoms with Gasteiger partial charge in [-0.25, -0.2) is 0 Å². The Bertz CT molecular complexity index is 89.9. The third-order valence-corrected chi connectivity index (χ3v) is 0.655. The fourth-order valence-electron chi connectivity index (χ4n) is 0.393. The summed E-state index contributed by atoms with van der Waals surface area (Å²) in [5.74, 6) is 0. The minimum Gasteiger partial charge on any atom is -0.0808 e. The van der Waals surface area contributed by atoms with Crippen LogP contribution in [-0.2, 0) is 0 Å². The fraction of sp³-hybridized carbons (Fsp3) is 0.200. The zero-order valence-electron chi connectivity index (χ0n) is 3.91.